The number of para-hydroxylation sites is 1. The topological polar surface area (TPSA) is 248 Å². The van der Waals surface area contributed by atoms with Crippen molar-refractivity contribution in [3.05, 3.63) is 95.9 Å². The van der Waals surface area contributed by atoms with Gasteiger partial charge in [0.25, 0.3) is 5.91 Å². The number of carbonyl (C=O) groups excluding carboxylic acids is 1. The highest BCUT2D eigenvalue weighted by Gasteiger charge is 2.66. The predicted octanol–water partition coefficient (Wildman–Crippen LogP) is 6.66. The summed E-state index contributed by atoms with van der Waals surface area (Å²) in [5, 5.41) is 63.6. The Morgan fingerprint density at radius 3 is 2.40 bits per heavy atom. The fraction of sp³-hybridized carbons (Fsp3) is 0.462. The van der Waals surface area contributed by atoms with Crippen LogP contribution < -0.4 is 10.6 Å². The minimum atomic E-state index is -1.74. The van der Waals surface area contributed by atoms with Gasteiger partial charge in [0.05, 0.1) is 34.3 Å². The summed E-state index contributed by atoms with van der Waals surface area (Å²) in [7, 11) is 0. The molecule has 0 radical (unpaired) electrons. The van der Waals surface area contributed by atoms with Crippen molar-refractivity contribution in [3.8, 4) is 22.4 Å². The van der Waals surface area contributed by atoms with Gasteiger partial charge in [0, 0.05) is 47.6 Å². The van der Waals surface area contributed by atoms with Gasteiger partial charge in [0.15, 0.2) is 23.2 Å². The molecule has 70 heavy (non-hydrogen) atoms. The quantitative estimate of drug-likeness (QED) is 0.0473. The molecule has 7 atom stereocenters. The number of carboxylic acids is 2. The van der Waals surface area contributed by atoms with Crippen LogP contribution >= 0.6 is 11.3 Å². The number of fused-ring (bicyclic) bond motifs is 2. The Morgan fingerprint density at radius 1 is 0.857 bits per heavy atom. The van der Waals surface area contributed by atoms with E-state index in [1.807, 2.05) is 72.3 Å². The lowest BCUT2D eigenvalue weighted by Gasteiger charge is -2.69. The second-order valence-electron chi connectivity index (χ2n) is 20.8. The molecule has 1 aliphatic heterocycles. The number of pyridine rings is 1. The van der Waals surface area contributed by atoms with Crippen molar-refractivity contribution < 1.29 is 54.1 Å². The summed E-state index contributed by atoms with van der Waals surface area (Å²) in [5.41, 5.74) is 4.18. The molecule has 1 amide bonds. The monoisotopic (exact) mass is 974 g/mol. The zero-order valence-electron chi connectivity index (χ0n) is 39.3. The first-order chi connectivity index (χ1) is 33.4. The van der Waals surface area contributed by atoms with Crippen molar-refractivity contribution in [3.63, 3.8) is 0 Å². The van der Waals surface area contributed by atoms with Gasteiger partial charge in [-0.1, -0.05) is 61.6 Å². The van der Waals surface area contributed by atoms with Gasteiger partial charge < -0.3 is 45.1 Å². The first-order valence-corrected chi connectivity index (χ1v) is 24.6. The Hall–Kier alpha value is -5.70. The number of aliphatic carboxylic acids is 1. The fourth-order valence-corrected chi connectivity index (χ4v) is 14.0. The second-order valence-corrected chi connectivity index (χ2v) is 21.8. The lowest BCUT2D eigenvalue weighted by Crippen LogP contribution is -2.64. The Morgan fingerprint density at radius 2 is 1.64 bits per heavy atom. The maximum atomic E-state index is 13.7. The molecule has 4 heterocycles. The lowest BCUT2D eigenvalue weighted by molar-refractivity contribution is -0.289. The number of aromatic carboxylic acids is 1. The summed E-state index contributed by atoms with van der Waals surface area (Å²) in [4.78, 5) is 47.2. The van der Waals surface area contributed by atoms with Crippen molar-refractivity contribution >= 4 is 55.3 Å². The van der Waals surface area contributed by atoms with Crippen LogP contribution in [0.2, 0.25) is 0 Å². The summed E-state index contributed by atoms with van der Waals surface area (Å²) in [6, 6.07) is 22.5. The average Bonchev–Trinajstić information content (AvgIpc) is 3.88. The standard InChI is InChI=1S/C52H58N6O11S/c1-29-35(32-14-15-36(55-39(32)45(62)63)31-13-12-30-8-6-9-33(34(30)20-31)44(61)57-48-56-37-10-4-5-11-38(37)70-48)21-54-58(29)28-51-23-49(2)22-50(3,24-51)26-52(25-49,27-51)68-19-17-53-16-7-18-67-43-41(60)40(59)42(46(64)65)69-47(43)66/h4-6,8-15,20-21,40-43,47,53,59-60,66H,7,16-19,22-28H2,1-3H3,(H,62,63)(H,64,65)(H,56,57,61)/t40-,41-,42-,43+,47+,49?,50?,51?,52?/m0/s1. The van der Waals surface area contributed by atoms with E-state index in [4.69, 9.17) is 29.4 Å². The molecule has 4 bridgehead atoms. The number of anilines is 1. The van der Waals surface area contributed by atoms with E-state index < -0.39 is 42.6 Å². The number of amides is 1. The maximum Gasteiger partial charge on any atom is 0.355 e. The molecular weight excluding hydrogens is 917 g/mol. The van der Waals surface area contributed by atoms with Crippen molar-refractivity contribution in [1.82, 2.24) is 25.1 Å². The van der Waals surface area contributed by atoms with Gasteiger partial charge in [-0.25, -0.2) is 19.6 Å². The van der Waals surface area contributed by atoms with Crippen LogP contribution in [0.1, 0.15) is 85.3 Å². The third kappa shape index (κ3) is 9.23. The highest BCUT2D eigenvalue weighted by Crippen LogP contribution is 2.72. The first-order valence-electron chi connectivity index (χ1n) is 23.8. The van der Waals surface area contributed by atoms with Gasteiger partial charge in [-0.2, -0.15) is 5.10 Å². The van der Waals surface area contributed by atoms with Crippen LogP contribution in [-0.4, -0.2) is 126 Å². The molecule has 2 unspecified atom stereocenters. The van der Waals surface area contributed by atoms with Crippen LogP contribution in [0.15, 0.2) is 79.0 Å². The van der Waals surface area contributed by atoms with Crippen LogP contribution in [0.3, 0.4) is 0 Å². The summed E-state index contributed by atoms with van der Waals surface area (Å²) in [5.74, 6) is -2.94. The number of carbonyl (C=O) groups is 3. The Labute approximate surface area is 407 Å². The maximum absolute atomic E-state index is 13.7. The number of aliphatic hydroxyl groups is 3. The zero-order chi connectivity index (χ0) is 49.2. The van der Waals surface area contributed by atoms with E-state index in [0.29, 0.717) is 71.1 Å². The van der Waals surface area contributed by atoms with Gasteiger partial charge >= 0.3 is 11.9 Å². The fourth-order valence-electron chi connectivity index (χ4n) is 13.2. The number of rotatable bonds is 17. The molecule has 6 aromatic rings. The zero-order valence-corrected chi connectivity index (χ0v) is 40.1. The van der Waals surface area contributed by atoms with Gasteiger partial charge in [-0.05, 0) is 122 Å². The number of aliphatic hydroxyl groups excluding tert-OH is 3. The number of ether oxygens (including phenoxy) is 3. The molecule has 11 rings (SSSR count). The molecule has 4 aliphatic carbocycles. The van der Waals surface area contributed by atoms with E-state index in [0.717, 1.165) is 59.8 Å². The summed E-state index contributed by atoms with van der Waals surface area (Å²) in [6.45, 7) is 9.26. The molecule has 18 heteroatoms. The molecular formula is C52H58N6O11S. The van der Waals surface area contributed by atoms with Gasteiger partial charge in [-0.15, -0.1) is 0 Å². The van der Waals surface area contributed by atoms with Crippen LogP contribution in [0, 0.1) is 23.2 Å². The lowest BCUT2D eigenvalue weighted by atomic mass is 9.39. The first kappa shape index (κ1) is 48.0. The largest absolute Gasteiger partial charge is 0.479 e. The van der Waals surface area contributed by atoms with E-state index in [2.05, 4.69) is 29.5 Å². The molecule has 368 valence electrons. The minimum Gasteiger partial charge on any atom is -0.479 e. The summed E-state index contributed by atoms with van der Waals surface area (Å²) >= 11 is 1.41. The van der Waals surface area contributed by atoms with E-state index >= 15 is 0 Å². The van der Waals surface area contributed by atoms with Crippen LogP contribution in [-0.2, 0) is 25.5 Å². The minimum absolute atomic E-state index is 0.0783. The predicted molar refractivity (Wildman–Crippen MR) is 260 cm³/mol. The molecule has 5 fully saturated rings. The van der Waals surface area contributed by atoms with E-state index in [9.17, 15) is 34.8 Å². The number of nitrogens with zero attached hydrogens (tertiary/aromatic N) is 4. The number of carboxylic acid groups (broad SMARTS) is 2. The SMILES string of the molecule is Cc1c(-c2ccc(-c3ccc4cccc(C(=O)Nc5nc6ccccc6s5)c4c3)nc2C(=O)O)cnn1CC12CC3(C)CC(C)(C1)CC(OCCNCCCO[C@@H]1[C@@H](O)[C@H](O)[C@@H](C(=O)O)O[C@H]1O)(C3)C2. The van der Waals surface area contributed by atoms with Gasteiger partial charge in [0.2, 0.25) is 0 Å². The molecule has 0 spiro atoms. The highest BCUT2D eigenvalue weighted by molar-refractivity contribution is 7.22. The highest BCUT2D eigenvalue weighted by atomic mass is 32.1. The van der Waals surface area contributed by atoms with Crippen molar-refractivity contribution in [2.45, 2.75) is 109 Å². The Bertz CT molecular complexity index is 2940. The van der Waals surface area contributed by atoms with E-state index in [1.165, 1.54) is 11.3 Å². The smallest absolute Gasteiger partial charge is 0.355 e. The van der Waals surface area contributed by atoms with Crippen molar-refractivity contribution in [1.29, 1.82) is 0 Å². The number of hydrogen-bond donors (Lipinski definition) is 7. The van der Waals surface area contributed by atoms with E-state index in [-0.39, 0.29) is 40.1 Å². The normalized spacial score (nSPS) is 29.2. The third-order valence-electron chi connectivity index (χ3n) is 14.9. The molecule has 1 saturated heterocycles. The van der Waals surface area contributed by atoms with Gasteiger partial charge in [0.1, 0.15) is 18.3 Å². The Kier molecular flexibility index (Phi) is 12.7. The number of aromatic nitrogens is 4. The molecule has 17 nitrogen and oxygen atoms in total. The number of nitrogens with one attached hydrogen (secondary N) is 2. The molecule has 3 aromatic heterocycles. The van der Waals surface area contributed by atoms with E-state index in [1.54, 1.807) is 18.3 Å². The average molecular weight is 975 g/mol. The summed E-state index contributed by atoms with van der Waals surface area (Å²) < 4.78 is 20.4. The second kappa shape index (κ2) is 18.5. The third-order valence-corrected chi connectivity index (χ3v) is 15.8. The number of thiazole rings is 1. The molecule has 5 aliphatic rings. The van der Waals surface area contributed by atoms with Crippen LogP contribution in [0.4, 0.5) is 5.13 Å². The van der Waals surface area contributed by atoms with Crippen molar-refractivity contribution in [2.24, 2.45) is 16.2 Å². The number of benzene rings is 3. The molecule has 7 N–H and O–H groups in total. The van der Waals surface area contributed by atoms with Crippen LogP contribution in [0.25, 0.3) is 43.4 Å². The molecule has 4 saturated carbocycles. The molecule has 3 aromatic carbocycles. The Balaban J connectivity index is 0.801. The summed E-state index contributed by atoms with van der Waals surface area (Å²) in [6.07, 6.45) is 0.302. The van der Waals surface area contributed by atoms with Gasteiger partial charge in [-0.3, -0.25) is 14.8 Å². The van der Waals surface area contributed by atoms with Crippen molar-refractivity contribution in [2.75, 3.05) is 31.6 Å². The number of hydrogen-bond acceptors (Lipinski definition) is 14. The van der Waals surface area contributed by atoms with Crippen LogP contribution in [0.5, 0.6) is 0 Å².